The monoisotopic (exact) mass is 491 g/mol. The number of likely N-dealkylation sites (tertiary alicyclic amines) is 1. The quantitative estimate of drug-likeness (QED) is 0.577. The molecule has 4 rings (SSSR count). The van der Waals surface area contributed by atoms with Crippen LogP contribution in [-0.2, 0) is 9.59 Å². The van der Waals surface area contributed by atoms with Crippen molar-refractivity contribution in [3.05, 3.63) is 68.8 Å². The number of nitrogens with zero attached hydrogens (tertiary/aromatic N) is 2. The Morgan fingerprint density at radius 3 is 2.25 bits per heavy atom. The first-order chi connectivity index (χ1) is 15.4. The lowest BCUT2D eigenvalue weighted by Crippen LogP contribution is -2.32. The third-order valence-electron chi connectivity index (χ3n) is 5.46. The molecule has 2 aromatic carbocycles. The molecule has 2 aliphatic heterocycles. The molecule has 2 aliphatic rings. The van der Waals surface area contributed by atoms with Crippen molar-refractivity contribution < 1.29 is 14.4 Å². The zero-order valence-corrected chi connectivity index (χ0v) is 19.3. The molecule has 1 saturated heterocycles. The number of hydrogen-bond acceptors (Lipinski definition) is 4. The van der Waals surface area contributed by atoms with Crippen molar-refractivity contribution in [2.45, 2.75) is 25.7 Å². The molecule has 2 heterocycles. The summed E-state index contributed by atoms with van der Waals surface area (Å²) in [6, 6.07) is 11.2. The van der Waals surface area contributed by atoms with Gasteiger partial charge < -0.3 is 10.2 Å². The number of nitrogens with one attached hydrogen (secondary N) is 1. The van der Waals surface area contributed by atoms with Crippen molar-refractivity contribution in [2.75, 3.05) is 23.3 Å². The lowest BCUT2D eigenvalue weighted by Gasteiger charge is -2.20. The SMILES string of the molecule is O=C(c1cccc(NC2=C(Cl)C(=O)N(c3ccc(Cl)c(Cl)c3)C2=O)c1)N1CCCCCC1. The van der Waals surface area contributed by atoms with Gasteiger partial charge in [0.05, 0.1) is 15.7 Å². The summed E-state index contributed by atoms with van der Waals surface area (Å²) >= 11 is 18.2. The lowest BCUT2D eigenvalue weighted by molar-refractivity contribution is -0.120. The van der Waals surface area contributed by atoms with Crippen molar-refractivity contribution in [3.8, 4) is 0 Å². The first-order valence-electron chi connectivity index (χ1n) is 10.3. The summed E-state index contributed by atoms with van der Waals surface area (Å²) in [7, 11) is 0. The highest BCUT2D eigenvalue weighted by molar-refractivity contribution is 6.53. The minimum atomic E-state index is -0.672. The van der Waals surface area contributed by atoms with E-state index in [9.17, 15) is 14.4 Å². The zero-order chi connectivity index (χ0) is 22.8. The summed E-state index contributed by atoms with van der Waals surface area (Å²) in [6.45, 7) is 1.47. The average molecular weight is 493 g/mol. The number of imide groups is 1. The van der Waals surface area contributed by atoms with E-state index in [0.29, 0.717) is 16.3 Å². The minimum Gasteiger partial charge on any atom is -0.350 e. The van der Waals surface area contributed by atoms with Crippen LogP contribution in [0, 0.1) is 0 Å². The summed E-state index contributed by atoms with van der Waals surface area (Å²) < 4.78 is 0. The van der Waals surface area contributed by atoms with Crippen LogP contribution in [0.1, 0.15) is 36.0 Å². The van der Waals surface area contributed by atoms with Crippen LogP contribution in [0.15, 0.2) is 53.2 Å². The van der Waals surface area contributed by atoms with Gasteiger partial charge >= 0.3 is 0 Å². The van der Waals surface area contributed by atoms with E-state index in [2.05, 4.69) is 5.32 Å². The number of rotatable bonds is 4. The van der Waals surface area contributed by atoms with E-state index in [1.165, 1.54) is 18.2 Å². The van der Waals surface area contributed by atoms with Crippen LogP contribution in [-0.4, -0.2) is 35.7 Å². The summed E-state index contributed by atoms with van der Waals surface area (Å²) in [4.78, 5) is 41.4. The van der Waals surface area contributed by atoms with Gasteiger partial charge in [-0.25, -0.2) is 4.90 Å². The number of halogens is 3. The van der Waals surface area contributed by atoms with Crippen molar-refractivity contribution in [2.24, 2.45) is 0 Å². The fourth-order valence-corrected chi connectivity index (χ4v) is 4.31. The van der Waals surface area contributed by atoms with Gasteiger partial charge in [-0.05, 0) is 49.2 Å². The molecule has 0 unspecified atom stereocenters. The standard InChI is InChI=1S/C23H20Cl3N3O3/c24-17-9-8-16(13-18(17)25)29-22(31)19(26)20(23(29)32)27-15-7-5-6-14(12-15)21(30)28-10-3-1-2-4-11-28/h5-9,12-13,27H,1-4,10-11H2. The largest absolute Gasteiger partial charge is 0.350 e. The van der Waals surface area contributed by atoms with Crippen LogP contribution in [0.5, 0.6) is 0 Å². The molecule has 0 spiro atoms. The number of carbonyl (C=O) groups is 3. The summed E-state index contributed by atoms with van der Waals surface area (Å²) in [5.74, 6) is -1.35. The zero-order valence-electron chi connectivity index (χ0n) is 17.0. The molecule has 166 valence electrons. The van der Waals surface area contributed by atoms with Crippen molar-refractivity contribution >= 4 is 63.9 Å². The fourth-order valence-electron chi connectivity index (χ4n) is 3.80. The van der Waals surface area contributed by atoms with Crippen LogP contribution >= 0.6 is 34.8 Å². The molecule has 6 nitrogen and oxygen atoms in total. The van der Waals surface area contributed by atoms with Gasteiger partial charge in [0.15, 0.2) is 0 Å². The second-order valence-electron chi connectivity index (χ2n) is 7.65. The Bertz CT molecular complexity index is 1120. The van der Waals surface area contributed by atoms with Gasteiger partial charge in [-0.1, -0.05) is 53.7 Å². The Balaban J connectivity index is 1.55. The molecule has 0 bridgehead atoms. The van der Waals surface area contributed by atoms with E-state index < -0.39 is 11.8 Å². The average Bonchev–Trinajstić information content (AvgIpc) is 2.99. The van der Waals surface area contributed by atoms with E-state index in [0.717, 1.165) is 43.7 Å². The number of amides is 3. The summed E-state index contributed by atoms with van der Waals surface area (Å²) in [5.41, 5.74) is 1.18. The van der Waals surface area contributed by atoms with Crippen LogP contribution in [0.3, 0.4) is 0 Å². The maximum Gasteiger partial charge on any atom is 0.283 e. The predicted octanol–water partition coefficient (Wildman–Crippen LogP) is 5.45. The van der Waals surface area contributed by atoms with Crippen molar-refractivity contribution in [1.82, 2.24) is 4.90 Å². The summed E-state index contributed by atoms with van der Waals surface area (Å²) in [6.07, 6.45) is 4.24. The third kappa shape index (κ3) is 4.49. The molecular formula is C23H20Cl3N3O3. The van der Waals surface area contributed by atoms with Crippen molar-refractivity contribution in [1.29, 1.82) is 0 Å². The number of hydrogen-bond donors (Lipinski definition) is 1. The highest BCUT2D eigenvalue weighted by Crippen LogP contribution is 2.33. The van der Waals surface area contributed by atoms with Crippen LogP contribution < -0.4 is 10.2 Å². The molecule has 1 N–H and O–H groups in total. The van der Waals surface area contributed by atoms with Gasteiger partial charge in [0, 0.05) is 24.3 Å². The van der Waals surface area contributed by atoms with Gasteiger partial charge in [-0.15, -0.1) is 0 Å². The fraction of sp³-hybridized carbons (Fsp3) is 0.261. The molecule has 0 aliphatic carbocycles. The molecule has 0 saturated carbocycles. The highest BCUT2D eigenvalue weighted by Gasteiger charge is 2.39. The third-order valence-corrected chi connectivity index (χ3v) is 6.55. The first-order valence-corrected chi connectivity index (χ1v) is 11.4. The van der Waals surface area contributed by atoms with Crippen LogP contribution in [0.2, 0.25) is 10.0 Å². The number of benzene rings is 2. The number of carbonyl (C=O) groups excluding carboxylic acids is 3. The Hall–Kier alpha value is -2.54. The van der Waals surface area contributed by atoms with Gasteiger partial charge in [0.25, 0.3) is 17.7 Å². The van der Waals surface area contributed by atoms with E-state index in [1.807, 2.05) is 4.90 Å². The van der Waals surface area contributed by atoms with E-state index in [-0.39, 0.29) is 27.3 Å². The second kappa shape index (κ2) is 9.53. The smallest absolute Gasteiger partial charge is 0.283 e. The molecule has 1 fully saturated rings. The van der Waals surface area contributed by atoms with Crippen LogP contribution in [0.25, 0.3) is 0 Å². The highest BCUT2D eigenvalue weighted by atomic mass is 35.5. The summed E-state index contributed by atoms with van der Waals surface area (Å²) in [5, 5.41) is 3.18. The van der Waals surface area contributed by atoms with Gasteiger partial charge in [0.2, 0.25) is 0 Å². The predicted molar refractivity (Wildman–Crippen MR) is 126 cm³/mol. The molecule has 0 aromatic heterocycles. The van der Waals surface area contributed by atoms with Gasteiger partial charge in [-0.3, -0.25) is 14.4 Å². The molecule has 0 radical (unpaired) electrons. The van der Waals surface area contributed by atoms with Crippen molar-refractivity contribution in [3.63, 3.8) is 0 Å². The maximum absolute atomic E-state index is 13.0. The lowest BCUT2D eigenvalue weighted by atomic mass is 10.1. The second-order valence-corrected chi connectivity index (χ2v) is 8.84. The Labute approximate surface area is 200 Å². The molecule has 3 amide bonds. The molecule has 0 atom stereocenters. The Kier molecular flexibility index (Phi) is 6.74. The molecule has 2 aromatic rings. The number of anilines is 2. The van der Waals surface area contributed by atoms with Crippen LogP contribution in [0.4, 0.5) is 11.4 Å². The molecular weight excluding hydrogens is 473 g/mol. The Morgan fingerprint density at radius 1 is 0.844 bits per heavy atom. The normalized spacial score (nSPS) is 17.1. The van der Waals surface area contributed by atoms with E-state index in [1.54, 1.807) is 24.3 Å². The van der Waals surface area contributed by atoms with Gasteiger partial charge in [-0.2, -0.15) is 0 Å². The van der Waals surface area contributed by atoms with Gasteiger partial charge in [0.1, 0.15) is 10.7 Å². The Morgan fingerprint density at radius 2 is 1.56 bits per heavy atom. The maximum atomic E-state index is 13.0. The molecule has 9 heteroatoms. The van der Waals surface area contributed by atoms with E-state index >= 15 is 0 Å². The topological polar surface area (TPSA) is 69.7 Å². The first kappa shape index (κ1) is 22.6. The molecule has 32 heavy (non-hydrogen) atoms. The van der Waals surface area contributed by atoms with E-state index in [4.69, 9.17) is 34.8 Å². The minimum absolute atomic E-state index is 0.0538.